The summed E-state index contributed by atoms with van der Waals surface area (Å²) in [5.74, 6) is 0.139. The third-order valence-electron chi connectivity index (χ3n) is 4.88. The predicted molar refractivity (Wildman–Crippen MR) is 99.6 cm³/mol. The lowest BCUT2D eigenvalue weighted by atomic mass is 10.1. The predicted octanol–water partition coefficient (Wildman–Crippen LogP) is 4.19. The first-order valence-corrected chi connectivity index (χ1v) is 8.71. The molecule has 1 unspecified atom stereocenters. The second-order valence-corrected chi connectivity index (χ2v) is 6.93. The molecule has 1 aliphatic heterocycles. The molecule has 0 spiro atoms. The number of aryl methyl sites for hydroxylation is 2. The van der Waals surface area contributed by atoms with Gasteiger partial charge in [0.05, 0.1) is 6.04 Å². The molecule has 0 saturated carbocycles. The van der Waals surface area contributed by atoms with E-state index in [0.29, 0.717) is 11.6 Å². The first kappa shape index (κ1) is 17.0. The number of carbonyl (C=O) groups is 1. The average molecular weight is 343 g/mol. The molecular formula is C20H23ClN2O. The zero-order valence-electron chi connectivity index (χ0n) is 14.4. The molecule has 3 rings (SSSR count). The summed E-state index contributed by atoms with van der Waals surface area (Å²) in [5.41, 5.74) is 4.55. The molecule has 4 heteroatoms. The Morgan fingerprint density at radius 1 is 1.08 bits per heavy atom. The highest BCUT2D eigenvalue weighted by Crippen LogP contribution is 2.28. The molecule has 2 aromatic carbocycles. The largest absolute Gasteiger partial charge is 0.309 e. The molecule has 0 aliphatic carbocycles. The van der Waals surface area contributed by atoms with Gasteiger partial charge in [-0.2, -0.15) is 0 Å². The fourth-order valence-electron chi connectivity index (χ4n) is 3.25. The highest BCUT2D eigenvalue weighted by atomic mass is 35.5. The van der Waals surface area contributed by atoms with Crippen molar-refractivity contribution in [2.24, 2.45) is 0 Å². The number of hydrogen-bond donors (Lipinski definition) is 0. The van der Waals surface area contributed by atoms with Crippen LogP contribution in [0.15, 0.2) is 42.5 Å². The van der Waals surface area contributed by atoms with Crippen molar-refractivity contribution in [3.8, 4) is 0 Å². The van der Waals surface area contributed by atoms with E-state index < -0.39 is 0 Å². The van der Waals surface area contributed by atoms with Gasteiger partial charge in [-0.1, -0.05) is 41.9 Å². The van der Waals surface area contributed by atoms with E-state index in [2.05, 4.69) is 30.0 Å². The summed E-state index contributed by atoms with van der Waals surface area (Å²) in [6.07, 6.45) is 0. The van der Waals surface area contributed by atoms with Crippen LogP contribution < -0.4 is 4.90 Å². The van der Waals surface area contributed by atoms with Crippen LogP contribution in [0.3, 0.4) is 0 Å². The van der Waals surface area contributed by atoms with Gasteiger partial charge >= 0.3 is 0 Å². The molecule has 24 heavy (non-hydrogen) atoms. The molecule has 1 heterocycles. The van der Waals surface area contributed by atoms with E-state index in [1.54, 1.807) is 0 Å². The average Bonchev–Trinajstić information content (AvgIpc) is 2.56. The second-order valence-electron chi connectivity index (χ2n) is 6.49. The SMILES string of the molecule is Cc1ccccc1CN1CCN(c2cc(Cl)ccc2C)C(=O)C1C. The lowest BCUT2D eigenvalue weighted by Gasteiger charge is -2.39. The van der Waals surface area contributed by atoms with Crippen molar-refractivity contribution in [1.29, 1.82) is 0 Å². The lowest BCUT2D eigenvalue weighted by Crippen LogP contribution is -2.55. The third-order valence-corrected chi connectivity index (χ3v) is 5.11. The Labute approximate surface area is 148 Å². The minimum absolute atomic E-state index is 0.139. The summed E-state index contributed by atoms with van der Waals surface area (Å²) in [5, 5.41) is 0.665. The van der Waals surface area contributed by atoms with Crippen molar-refractivity contribution < 1.29 is 4.79 Å². The summed E-state index contributed by atoms with van der Waals surface area (Å²) < 4.78 is 0. The van der Waals surface area contributed by atoms with Gasteiger partial charge in [-0.05, 0) is 49.6 Å². The van der Waals surface area contributed by atoms with E-state index in [9.17, 15) is 4.79 Å². The Kier molecular flexibility index (Phi) is 4.93. The molecule has 0 radical (unpaired) electrons. The molecule has 2 aromatic rings. The lowest BCUT2D eigenvalue weighted by molar-refractivity contribution is -0.125. The highest BCUT2D eigenvalue weighted by Gasteiger charge is 2.32. The van der Waals surface area contributed by atoms with Crippen LogP contribution >= 0.6 is 11.6 Å². The van der Waals surface area contributed by atoms with Crippen molar-refractivity contribution in [3.05, 3.63) is 64.2 Å². The van der Waals surface area contributed by atoms with Crippen molar-refractivity contribution >= 4 is 23.2 Å². The summed E-state index contributed by atoms with van der Waals surface area (Å²) in [6, 6.07) is 13.9. The van der Waals surface area contributed by atoms with Gasteiger partial charge < -0.3 is 4.90 Å². The number of hydrogen-bond acceptors (Lipinski definition) is 2. The van der Waals surface area contributed by atoms with Gasteiger partial charge in [0.15, 0.2) is 0 Å². The molecule has 3 nitrogen and oxygen atoms in total. The number of benzene rings is 2. The molecule has 1 atom stereocenters. The van der Waals surface area contributed by atoms with Crippen LogP contribution in [0, 0.1) is 13.8 Å². The van der Waals surface area contributed by atoms with Crippen LogP contribution in [-0.4, -0.2) is 29.9 Å². The van der Waals surface area contributed by atoms with E-state index in [0.717, 1.165) is 24.3 Å². The molecule has 0 bridgehead atoms. The zero-order valence-corrected chi connectivity index (χ0v) is 15.2. The van der Waals surface area contributed by atoms with Crippen LogP contribution in [0.1, 0.15) is 23.6 Å². The smallest absolute Gasteiger partial charge is 0.244 e. The Bertz CT molecular complexity index is 759. The van der Waals surface area contributed by atoms with E-state index in [1.165, 1.54) is 11.1 Å². The van der Waals surface area contributed by atoms with Crippen molar-refractivity contribution in [1.82, 2.24) is 4.90 Å². The highest BCUT2D eigenvalue weighted by molar-refractivity contribution is 6.31. The Hall–Kier alpha value is -1.84. The van der Waals surface area contributed by atoms with Gasteiger partial charge in [-0.15, -0.1) is 0 Å². The minimum atomic E-state index is -0.142. The number of piperazine rings is 1. The normalized spacial score (nSPS) is 18.9. The number of carbonyl (C=O) groups excluding carboxylic acids is 1. The van der Waals surface area contributed by atoms with Crippen LogP contribution in [0.5, 0.6) is 0 Å². The topological polar surface area (TPSA) is 23.6 Å². The van der Waals surface area contributed by atoms with E-state index in [-0.39, 0.29) is 11.9 Å². The van der Waals surface area contributed by atoms with E-state index >= 15 is 0 Å². The summed E-state index contributed by atoms with van der Waals surface area (Å²) >= 11 is 6.13. The zero-order chi connectivity index (χ0) is 17.3. The number of halogens is 1. The van der Waals surface area contributed by atoms with Crippen LogP contribution in [0.2, 0.25) is 5.02 Å². The number of amides is 1. The van der Waals surface area contributed by atoms with Gasteiger partial charge in [0, 0.05) is 30.3 Å². The maximum Gasteiger partial charge on any atom is 0.244 e. The monoisotopic (exact) mass is 342 g/mol. The first-order valence-electron chi connectivity index (χ1n) is 8.33. The Morgan fingerprint density at radius 3 is 2.58 bits per heavy atom. The Balaban J connectivity index is 1.79. The standard InChI is InChI=1S/C20H23ClN2O/c1-14-6-4-5-7-17(14)13-22-10-11-23(20(24)16(22)3)19-12-18(21)9-8-15(19)2/h4-9,12,16H,10-11,13H2,1-3H3. The number of nitrogens with zero attached hydrogens (tertiary/aromatic N) is 2. The maximum atomic E-state index is 12.9. The van der Waals surface area contributed by atoms with Crippen LogP contribution in [0.4, 0.5) is 5.69 Å². The minimum Gasteiger partial charge on any atom is -0.309 e. The summed E-state index contributed by atoms with van der Waals surface area (Å²) in [6.45, 7) is 8.48. The summed E-state index contributed by atoms with van der Waals surface area (Å²) in [7, 11) is 0. The molecule has 0 aromatic heterocycles. The van der Waals surface area contributed by atoms with Gasteiger partial charge in [-0.25, -0.2) is 0 Å². The third kappa shape index (κ3) is 3.33. The molecule has 1 aliphatic rings. The number of anilines is 1. The quantitative estimate of drug-likeness (QED) is 0.834. The van der Waals surface area contributed by atoms with Crippen molar-refractivity contribution in [3.63, 3.8) is 0 Å². The molecule has 0 N–H and O–H groups in total. The van der Waals surface area contributed by atoms with Crippen molar-refractivity contribution in [2.45, 2.75) is 33.4 Å². The second kappa shape index (κ2) is 6.96. The van der Waals surface area contributed by atoms with E-state index in [1.807, 2.05) is 43.0 Å². The molecular weight excluding hydrogens is 320 g/mol. The number of rotatable bonds is 3. The Morgan fingerprint density at radius 2 is 1.83 bits per heavy atom. The molecule has 1 amide bonds. The van der Waals surface area contributed by atoms with Gasteiger partial charge in [0.25, 0.3) is 0 Å². The maximum absolute atomic E-state index is 12.9. The fraction of sp³-hybridized carbons (Fsp3) is 0.350. The first-order chi connectivity index (χ1) is 11.5. The van der Waals surface area contributed by atoms with Gasteiger partial charge in [0.2, 0.25) is 5.91 Å². The molecule has 126 valence electrons. The van der Waals surface area contributed by atoms with Gasteiger partial charge in [-0.3, -0.25) is 9.69 Å². The van der Waals surface area contributed by atoms with Crippen LogP contribution in [0.25, 0.3) is 0 Å². The molecule has 1 fully saturated rings. The van der Waals surface area contributed by atoms with Gasteiger partial charge in [0.1, 0.15) is 0 Å². The van der Waals surface area contributed by atoms with E-state index in [4.69, 9.17) is 11.6 Å². The van der Waals surface area contributed by atoms with Crippen molar-refractivity contribution in [2.75, 3.05) is 18.0 Å². The summed E-state index contributed by atoms with van der Waals surface area (Å²) in [4.78, 5) is 17.0. The fourth-order valence-corrected chi connectivity index (χ4v) is 3.42. The molecule has 1 saturated heterocycles. The van der Waals surface area contributed by atoms with Crippen LogP contribution in [-0.2, 0) is 11.3 Å².